The van der Waals surface area contributed by atoms with Crippen LogP contribution in [0.25, 0.3) is 5.69 Å². The summed E-state index contributed by atoms with van der Waals surface area (Å²) in [5, 5.41) is 7.90. The number of rotatable bonds is 7. The second kappa shape index (κ2) is 8.83. The second-order valence-corrected chi connectivity index (χ2v) is 7.93. The summed E-state index contributed by atoms with van der Waals surface area (Å²) in [4.78, 5) is 13.2. The van der Waals surface area contributed by atoms with Crippen LogP contribution in [0, 0.1) is 6.92 Å². The molecule has 156 valence electrons. The molecule has 2 heterocycles. The fourth-order valence-electron chi connectivity index (χ4n) is 3.49. The molecule has 1 aliphatic heterocycles. The van der Waals surface area contributed by atoms with Crippen molar-refractivity contribution < 1.29 is 14.3 Å². The van der Waals surface area contributed by atoms with Crippen LogP contribution in [0.4, 0.5) is 5.82 Å². The quantitative estimate of drug-likeness (QED) is 0.581. The van der Waals surface area contributed by atoms with Crippen molar-refractivity contribution in [2.24, 2.45) is 0 Å². The zero-order chi connectivity index (χ0) is 21.1. The Balaban J connectivity index is 1.69. The maximum absolute atomic E-state index is 13.2. The first-order chi connectivity index (χ1) is 14.6. The highest BCUT2D eigenvalue weighted by Gasteiger charge is 2.25. The summed E-state index contributed by atoms with van der Waals surface area (Å²) in [5.74, 6) is 3.44. The van der Waals surface area contributed by atoms with E-state index in [-0.39, 0.29) is 5.91 Å². The summed E-state index contributed by atoms with van der Waals surface area (Å²) in [6.07, 6.45) is 0. The molecule has 6 nitrogen and oxygen atoms in total. The summed E-state index contributed by atoms with van der Waals surface area (Å²) in [6, 6.07) is 13.3. The van der Waals surface area contributed by atoms with E-state index in [4.69, 9.17) is 14.6 Å². The smallest absolute Gasteiger partial charge is 0.256 e. The molecule has 0 spiro atoms. The first-order valence-electron chi connectivity index (χ1n) is 10.1. The van der Waals surface area contributed by atoms with Gasteiger partial charge < -0.3 is 14.8 Å². The first-order valence-corrected chi connectivity index (χ1v) is 11.2. The lowest BCUT2D eigenvalue weighted by Crippen LogP contribution is -2.17. The lowest BCUT2D eigenvalue weighted by molar-refractivity contribution is 0.102. The van der Waals surface area contributed by atoms with Crippen LogP contribution >= 0.6 is 11.8 Å². The third-order valence-electron chi connectivity index (χ3n) is 4.93. The highest BCUT2D eigenvalue weighted by atomic mass is 32.2. The third-order valence-corrected chi connectivity index (χ3v) is 5.90. The average Bonchev–Trinajstić information content (AvgIpc) is 3.32. The number of amides is 1. The molecule has 0 unspecified atom stereocenters. The molecule has 1 aromatic heterocycles. The van der Waals surface area contributed by atoms with Gasteiger partial charge in [0, 0.05) is 22.6 Å². The van der Waals surface area contributed by atoms with E-state index < -0.39 is 0 Å². The minimum atomic E-state index is -0.201. The van der Waals surface area contributed by atoms with E-state index in [1.165, 1.54) is 0 Å². The molecule has 4 rings (SSSR count). The monoisotopic (exact) mass is 423 g/mol. The summed E-state index contributed by atoms with van der Waals surface area (Å²) in [6.45, 7) is 6.90. The molecule has 0 atom stereocenters. The molecule has 2 aromatic carbocycles. The van der Waals surface area contributed by atoms with Crippen molar-refractivity contribution in [2.45, 2.75) is 32.3 Å². The van der Waals surface area contributed by atoms with Gasteiger partial charge in [-0.1, -0.05) is 18.2 Å². The number of carbonyl (C=O) groups excluding carboxylic acids is 1. The molecule has 0 radical (unpaired) electrons. The summed E-state index contributed by atoms with van der Waals surface area (Å²) < 4.78 is 13.1. The number of thioether (sulfide) groups is 1. The van der Waals surface area contributed by atoms with Gasteiger partial charge in [-0.05, 0) is 50.6 Å². The number of nitrogens with one attached hydrogen (secondary N) is 1. The molecule has 0 bridgehead atoms. The van der Waals surface area contributed by atoms with Crippen molar-refractivity contribution in [2.75, 3.05) is 18.5 Å². The Morgan fingerprint density at radius 1 is 1.10 bits per heavy atom. The highest BCUT2D eigenvalue weighted by Crippen LogP contribution is 2.37. The van der Waals surface area contributed by atoms with Gasteiger partial charge in [0.2, 0.25) is 0 Å². The molecule has 1 N–H and O–H groups in total. The predicted molar refractivity (Wildman–Crippen MR) is 120 cm³/mol. The van der Waals surface area contributed by atoms with Gasteiger partial charge in [0.15, 0.2) is 11.5 Å². The second-order valence-electron chi connectivity index (χ2n) is 6.95. The summed E-state index contributed by atoms with van der Waals surface area (Å²) in [7, 11) is 0. The summed E-state index contributed by atoms with van der Waals surface area (Å²) >= 11 is 1.81. The van der Waals surface area contributed by atoms with E-state index in [0.717, 1.165) is 39.8 Å². The minimum Gasteiger partial charge on any atom is -0.490 e. The Bertz CT molecular complexity index is 1080. The lowest BCUT2D eigenvalue weighted by Gasteiger charge is -2.14. The van der Waals surface area contributed by atoms with Crippen LogP contribution < -0.4 is 14.8 Å². The molecule has 30 heavy (non-hydrogen) atoms. The Labute approximate surface area is 180 Å². The molecule has 0 saturated carbocycles. The number of hydrogen-bond acceptors (Lipinski definition) is 5. The number of anilines is 1. The molecule has 0 aliphatic carbocycles. The van der Waals surface area contributed by atoms with Gasteiger partial charge in [-0.15, -0.1) is 0 Å². The third kappa shape index (κ3) is 3.89. The lowest BCUT2D eigenvalue weighted by atomic mass is 10.1. The first kappa shape index (κ1) is 20.3. The van der Waals surface area contributed by atoms with Crippen LogP contribution in [0.5, 0.6) is 11.5 Å². The van der Waals surface area contributed by atoms with Gasteiger partial charge in [0.25, 0.3) is 5.91 Å². The number of benzene rings is 2. The van der Waals surface area contributed by atoms with Crippen LogP contribution in [0.1, 0.15) is 41.0 Å². The minimum absolute atomic E-state index is 0.201. The van der Waals surface area contributed by atoms with Crippen molar-refractivity contribution in [1.29, 1.82) is 0 Å². The van der Waals surface area contributed by atoms with Crippen LogP contribution in [-0.4, -0.2) is 28.9 Å². The largest absolute Gasteiger partial charge is 0.490 e. The van der Waals surface area contributed by atoms with E-state index in [1.807, 2.05) is 61.5 Å². The van der Waals surface area contributed by atoms with E-state index in [0.29, 0.717) is 30.3 Å². The fourth-order valence-corrected chi connectivity index (χ4v) is 4.52. The normalized spacial score (nSPS) is 12.5. The van der Waals surface area contributed by atoms with Crippen LogP contribution in [-0.2, 0) is 11.5 Å². The number of fused-ring (bicyclic) bond motifs is 1. The van der Waals surface area contributed by atoms with Crippen molar-refractivity contribution in [3.63, 3.8) is 0 Å². The maximum atomic E-state index is 13.2. The molecule has 1 amide bonds. The molecule has 0 fully saturated rings. The highest BCUT2D eigenvalue weighted by molar-refractivity contribution is 7.98. The van der Waals surface area contributed by atoms with E-state index in [1.54, 1.807) is 18.2 Å². The van der Waals surface area contributed by atoms with Crippen molar-refractivity contribution in [3.8, 4) is 17.2 Å². The molecule has 7 heteroatoms. The SMILES string of the molecule is CCOc1ccc(C(=O)Nc2c3c(nn2-c2ccccc2C)CSC3)cc1OCC. The average molecular weight is 424 g/mol. The van der Waals surface area contributed by atoms with Gasteiger partial charge in [-0.3, -0.25) is 4.79 Å². The molecule has 0 saturated heterocycles. The van der Waals surface area contributed by atoms with Crippen LogP contribution in [0.2, 0.25) is 0 Å². The van der Waals surface area contributed by atoms with Gasteiger partial charge >= 0.3 is 0 Å². The van der Waals surface area contributed by atoms with Crippen molar-refractivity contribution in [1.82, 2.24) is 9.78 Å². The van der Waals surface area contributed by atoms with Gasteiger partial charge in [0.1, 0.15) is 5.82 Å². The summed E-state index contributed by atoms with van der Waals surface area (Å²) in [5.41, 5.74) is 4.70. The Morgan fingerprint density at radius 3 is 2.63 bits per heavy atom. The molecule has 1 aliphatic rings. The number of nitrogens with zero attached hydrogens (tertiary/aromatic N) is 2. The Hall–Kier alpha value is -2.93. The molecule has 3 aromatic rings. The number of carbonyl (C=O) groups is 1. The van der Waals surface area contributed by atoms with Gasteiger partial charge in [0.05, 0.1) is 24.6 Å². The maximum Gasteiger partial charge on any atom is 0.256 e. The number of aryl methyl sites for hydroxylation is 1. The fraction of sp³-hybridized carbons (Fsp3) is 0.304. The van der Waals surface area contributed by atoms with E-state index in [2.05, 4.69) is 5.32 Å². The van der Waals surface area contributed by atoms with Crippen LogP contribution in [0.3, 0.4) is 0 Å². The number of hydrogen-bond donors (Lipinski definition) is 1. The number of aromatic nitrogens is 2. The predicted octanol–water partition coefficient (Wildman–Crippen LogP) is 4.98. The van der Waals surface area contributed by atoms with E-state index in [9.17, 15) is 4.79 Å². The number of ether oxygens (including phenoxy) is 2. The molecular formula is C23H25N3O3S. The van der Waals surface area contributed by atoms with Gasteiger partial charge in [-0.25, -0.2) is 4.68 Å². The standard InChI is InChI=1S/C23H25N3O3S/c1-4-28-20-11-10-16(12-21(20)29-5-2)23(27)24-22-17-13-30-14-18(17)25-26(22)19-9-7-6-8-15(19)3/h6-12H,4-5,13-14H2,1-3H3,(H,24,27). The van der Waals surface area contributed by atoms with Gasteiger partial charge in [-0.2, -0.15) is 16.9 Å². The Kier molecular flexibility index (Phi) is 5.99. The number of para-hydroxylation sites is 1. The zero-order valence-electron chi connectivity index (χ0n) is 17.4. The topological polar surface area (TPSA) is 65.4 Å². The van der Waals surface area contributed by atoms with Crippen molar-refractivity contribution in [3.05, 3.63) is 64.8 Å². The zero-order valence-corrected chi connectivity index (χ0v) is 18.2. The van der Waals surface area contributed by atoms with E-state index >= 15 is 0 Å². The van der Waals surface area contributed by atoms with Crippen LogP contribution in [0.15, 0.2) is 42.5 Å². The molecular weight excluding hydrogens is 398 g/mol. The Morgan fingerprint density at radius 2 is 1.87 bits per heavy atom. The van der Waals surface area contributed by atoms with Crippen molar-refractivity contribution >= 4 is 23.5 Å².